The Morgan fingerprint density at radius 1 is 1.30 bits per heavy atom. The molecule has 0 fully saturated rings. The second-order valence-corrected chi connectivity index (χ2v) is 5.18. The first-order chi connectivity index (χ1) is 11.1. The van der Waals surface area contributed by atoms with Crippen molar-refractivity contribution in [1.82, 2.24) is 15.3 Å². The largest absolute Gasteiger partial charge is 0.494 e. The molecule has 0 bridgehead atoms. The predicted molar refractivity (Wildman–Crippen MR) is 84.9 cm³/mol. The van der Waals surface area contributed by atoms with Gasteiger partial charge in [0.15, 0.2) is 11.6 Å². The highest BCUT2D eigenvalue weighted by atomic mass is 19.1. The molecule has 23 heavy (non-hydrogen) atoms. The SMILES string of the molecule is COc1ccc(C(=O)NC(C)c2nc3ccccc3[nH]2)cc1F. The van der Waals surface area contributed by atoms with Crippen molar-refractivity contribution in [3.63, 3.8) is 0 Å². The Morgan fingerprint density at radius 2 is 2.09 bits per heavy atom. The zero-order chi connectivity index (χ0) is 16.4. The Labute approximate surface area is 132 Å². The number of halogens is 1. The summed E-state index contributed by atoms with van der Waals surface area (Å²) < 4.78 is 18.5. The van der Waals surface area contributed by atoms with Gasteiger partial charge in [0, 0.05) is 5.56 Å². The quantitative estimate of drug-likeness (QED) is 0.777. The molecule has 2 N–H and O–H groups in total. The van der Waals surface area contributed by atoms with Crippen LogP contribution in [0.5, 0.6) is 5.75 Å². The highest BCUT2D eigenvalue weighted by molar-refractivity contribution is 5.94. The monoisotopic (exact) mass is 313 g/mol. The van der Waals surface area contributed by atoms with Crippen LogP contribution >= 0.6 is 0 Å². The summed E-state index contributed by atoms with van der Waals surface area (Å²) in [6.45, 7) is 1.81. The maximum absolute atomic E-state index is 13.7. The van der Waals surface area contributed by atoms with E-state index in [1.54, 1.807) is 0 Å². The zero-order valence-electron chi connectivity index (χ0n) is 12.8. The average Bonchev–Trinajstić information content (AvgIpc) is 2.99. The van der Waals surface area contributed by atoms with Crippen LogP contribution < -0.4 is 10.1 Å². The van der Waals surface area contributed by atoms with Gasteiger partial charge >= 0.3 is 0 Å². The summed E-state index contributed by atoms with van der Waals surface area (Å²) in [4.78, 5) is 19.8. The first-order valence-corrected chi connectivity index (χ1v) is 7.17. The molecule has 1 unspecified atom stereocenters. The molecule has 3 aromatic rings. The first-order valence-electron chi connectivity index (χ1n) is 7.17. The summed E-state index contributed by atoms with van der Waals surface area (Å²) in [5.41, 5.74) is 1.96. The fraction of sp³-hybridized carbons (Fsp3) is 0.176. The van der Waals surface area contributed by atoms with Crippen molar-refractivity contribution in [2.24, 2.45) is 0 Å². The van der Waals surface area contributed by atoms with E-state index in [1.807, 2.05) is 31.2 Å². The molecule has 0 radical (unpaired) electrons. The highest BCUT2D eigenvalue weighted by Gasteiger charge is 2.16. The van der Waals surface area contributed by atoms with Crippen LogP contribution in [-0.2, 0) is 0 Å². The van der Waals surface area contributed by atoms with Gasteiger partial charge in [0.2, 0.25) is 0 Å². The number of aromatic amines is 1. The number of carbonyl (C=O) groups excluding carboxylic acids is 1. The Morgan fingerprint density at radius 3 is 2.78 bits per heavy atom. The molecule has 1 amide bonds. The van der Waals surface area contributed by atoms with Crippen LogP contribution in [0.1, 0.15) is 29.1 Å². The molecule has 118 valence electrons. The van der Waals surface area contributed by atoms with Crippen molar-refractivity contribution >= 4 is 16.9 Å². The van der Waals surface area contributed by atoms with Crippen LogP contribution in [0.15, 0.2) is 42.5 Å². The second-order valence-electron chi connectivity index (χ2n) is 5.18. The van der Waals surface area contributed by atoms with E-state index in [-0.39, 0.29) is 23.3 Å². The van der Waals surface area contributed by atoms with Gasteiger partial charge in [-0.05, 0) is 37.3 Å². The number of para-hydroxylation sites is 2. The fourth-order valence-electron chi connectivity index (χ4n) is 2.33. The fourth-order valence-corrected chi connectivity index (χ4v) is 2.33. The Kier molecular flexibility index (Phi) is 3.97. The van der Waals surface area contributed by atoms with E-state index < -0.39 is 5.82 Å². The standard InChI is InChI=1S/C17H16FN3O2/c1-10(16-20-13-5-3-4-6-14(13)21-16)19-17(22)11-7-8-15(23-2)12(18)9-11/h3-10H,1-2H3,(H,19,22)(H,20,21). The molecule has 1 aromatic heterocycles. The van der Waals surface area contributed by atoms with E-state index in [2.05, 4.69) is 15.3 Å². The molecule has 0 saturated carbocycles. The van der Waals surface area contributed by atoms with E-state index >= 15 is 0 Å². The van der Waals surface area contributed by atoms with Crippen LogP contribution in [-0.4, -0.2) is 23.0 Å². The van der Waals surface area contributed by atoms with Gasteiger partial charge in [-0.3, -0.25) is 4.79 Å². The molecule has 3 rings (SSSR count). The number of methoxy groups -OCH3 is 1. The zero-order valence-corrected chi connectivity index (χ0v) is 12.8. The number of hydrogen-bond acceptors (Lipinski definition) is 3. The molecule has 0 aliphatic rings. The molecule has 0 aliphatic heterocycles. The van der Waals surface area contributed by atoms with Crippen molar-refractivity contribution < 1.29 is 13.9 Å². The van der Waals surface area contributed by atoms with Crippen molar-refractivity contribution in [3.05, 3.63) is 59.7 Å². The summed E-state index contributed by atoms with van der Waals surface area (Å²) in [5, 5.41) is 2.80. The third kappa shape index (κ3) is 3.01. The number of ether oxygens (including phenoxy) is 1. The molecule has 1 heterocycles. The lowest BCUT2D eigenvalue weighted by atomic mass is 10.2. The average molecular weight is 313 g/mol. The number of imidazole rings is 1. The molecular formula is C17H16FN3O2. The molecule has 6 heteroatoms. The first kappa shape index (κ1) is 15.0. The molecule has 5 nitrogen and oxygen atoms in total. The van der Waals surface area contributed by atoms with Gasteiger partial charge in [0.1, 0.15) is 5.82 Å². The molecule has 0 spiro atoms. The molecule has 0 saturated heterocycles. The Balaban J connectivity index is 1.77. The van der Waals surface area contributed by atoms with Gasteiger partial charge in [-0.2, -0.15) is 0 Å². The number of nitrogens with zero attached hydrogens (tertiary/aromatic N) is 1. The summed E-state index contributed by atoms with van der Waals surface area (Å²) in [7, 11) is 1.38. The number of aromatic nitrogens is 2. The molecule has 0 aliphatic carbocycles. The van der Waals surface area contributed by atoms with Gasteiger partial charge in [-0.1, -0.05) is 12.1 Å². The van der Waals surface area contributed by atoms with Gasteiger partial charge in [0.25, 0.3) is 5.91 Å². The van der Waals surface area contributed by atoms with E-state index in [4.69, 9.17) is 4.74 Å². The minimum absolute atomic E-state index is 0.104. The summed E-state index contributed by atoms with van der Waals surface area (Å²) in [6, 6.07) is 11.4. The van der Waals surface area contributed by atoms with Crippen LogP contribution in [0.25, 0.3) is 11.0 Å². The van der Waals surface area contributed by atoms with Crippen molar-refractivity contribution in [2.45, 2.75) is 13.0 Å². The maximum atomic E-state index is 13.7. The highest BCUT2D eigenvalue weighted by Crippen LogP contribution is 2.19. The van der Waals surface area contributed by atoms with Crippen LogP contribution in [0, 0.1) is 5.82 Å². The van der Waals surface area contributed by atoms with E-state index in [0.717, 1.165) is 17.1 Å². The third-order valence-electron chi connectivity index (χ3n) is 3.58. The summed E-state index contributed by atoms with van der Waals surface area (Å²) in [6.07, 6.45) is 0. The topological polar surface area (TPSA) is 67.0 Å². The maximum Gasteiger partial charge on any atom is 0.251 e. The van der Waals surface area contributed by atoms with E-state index in [1.165, 1.54) is 19.2 Å². The molecule has 1 atom stereocenters. The second kappa shape index (κ2) is 6.08. The number of fused-ring (bicyclic) bond motifs is 1. The molecule has 2 aromatic carbocycles. The number of benzene rings is 2. The lowest BCUT2D eigenvalue weighted by molar-refractivity contribution is 0.0938. The lowest BCUT2D eigenvalue weighted by Crippen LogP contribution is -2.27. The van der Waals surface area contributed by atoms with E-state index in [9.17, 15) is 9.18 Å². The van der Waals surface area contributed by atoms with Gasteiger partial charge < -0.3 is 15.0 Å². The molecular weight excluding hydrogens is 297 g/mol. The third-order valence-corrected chi connectivity index (χ3v) is 3.58. The lowest BCUT2D eigenvalue weighted by Gasteiger charge is -2.12. The normalized spacial score (nSPS) is 12.1. The minimum Gasteiger partial charge on any atom is -0.494 e. The van der Waals surface area contributed by atoms with Gasteiger partial charge in [-0.25, -0.2) is 9.37 Å². The van der Waals surface area contributed by atoms with E-state index in [0.29, 0.717) is 5.82 Å². The number of hydrogen-bond donors (Lipinski definition) is 2. The number of amides is 1. The summed E-state index contributed by atoms with van der Waals surface area (Å²) >= 11 is 0. The van der Waals surface area contributed by atoms with Crippen LogP contribution in [0.3, 0.4) is 0 Å². The van der Waals surface area contributed by atoms with Gasteiger partial charge in [0.05, 0.1) is 24.2 Å². The van der Waals surface area contributed by atoms with Crippen molar-refractivity contribution in [3.8, 4) is 5.75 Å². The number of nitrogens with one attached hydrogen (secondary N) is 2. The number of carbonyl (C=O) groups is 1. The minimum atomic E-state index is -0.573. The predicted octanol–water partition coefficient (Wildman–Crippen LogP) is 3.20. The van der Waals surface area contributed by atoms with Crippen LogP contribution in [0.4, 0.5) is 4.39 Å². The van der Waals surface area contributed by atoms with Crippen molar-refractivity contribution in [1.29, 1.82) is 0 Å². The number of H-pyrrole nitrogens is 1. The summed E-state index contributed by atoms with van der Waals surface area (Å²) in [5.74, 6) is -0.198. The smallest absolute Gasteiger partial charge is 0.251 e. The Hall–Kier alpha value is -2.89. The number of rotatable bonds is 4. The van der Waals surface area contributed by atoms with Gasteiger partial charge in [-0.15, -0.1) is 0 Å². The van der Waals surface area contributed by atoms with Crippen LogP contribution in [0.2, 0.25) is 0 Å². The Bertz CT molecular complexity index is 827. The van der Waals surface area contributed by atoms with Crippen molar-refractivity contribution in [2.75, 3.05) is 7.11 Å².